The normalized spacial score (nSPS) is 12.1. The SMILES string of the molecule is CCCCCCCCCCCCCCCCCCOC(=O)C(CC(=O)O)S(=O)(=O)OC(=O)CC(C(=O)OCCCCCCCCCCCCCCCC(C)C)S(=O)(=O)O.[H-].[H-].[H-].[H-].[Na+].[Na+].[Na+].[Na+]. The molecule has 2 N–H and O–H groups in total. The number of ether oxygens (including phenoxy) is 2. The van der Waals surface area contributed by atoms with Gasteiger partial charge in [0.1, 0.15) is 0 Å². The van der Waals surface area contributed by atoms with Crippen LogP contribution in [0, 0.1) is 5.92 Å². The fourth-order valence-electron chi connectivity index (χ4n) is 6.93. The van der Waals surface area contributed by atoms with Crippen LogP contribution in [0.25, 0.3) is 0 Å². The Labute approximate surface area is 477 Å². The number of carbonyl (C=O) groups is 4. The van der Waals surface area contributed by atoms with Gasteiger partial charge in [0.05, 0.1) is 26.1 Å². The molecule has 0 radical (unpaired) electrons. The Morgan fingerprint density at radius 1 is 0.476 bits per heavy atom. The maximum Gasteiger partial charge on any atom is 1.00 e. The van der Waals surface area contributed by atoms with E-state index in [1.807, 2.05) is 0 Å². The summed E-state index contributed by atoms with van der Waals surface area (Å²) in [6.45, 7) is 6.39. The molecule has 0 bridgehead atoms. The Bertz CT molecular complexity index is 1360. The minimum atomic E-state index is -5.29. The van der Waals surface area contributed by atoms with Gasteiger partial charge in [-0.1, -0.05) is 201 Å². The number of esters is 2. The Balaban J connectivity index is -0.000000601. The summed E-state index contributed by atoms with van der Waals surface area (Å²) < 4.78 is 73.4. The number of carboxylic acids is 1. The van der Waals surface area contributed by atoms with Crippen LogP contribution in [0.4, 0.5) is 0 Å². The van der Waals surface area contributed by atoms with Gasteiger partial charge in [-0.3, -0.25) is 23.7 Å². The van der Waals surface area contributed by atoms with Crippen molar-refractivity contribution < 1.29 is 183 Å². The molecule has 356 valence electrons. The van der Waals surface area contributed by atoms with Gasteiger partial charge in [-0.25, -0.2) is 0 Å². The molecular formula is C44H86Na4O13S2. The van der Waals surface area contributed by atoms with Crippen LogP contribution in [-0.4, -0.2) is 74.1 Å². The van der Waals surface area contributed by atoms with E-state index in [4.69, 9.17) is 9.47 Å². The van der Waals surface area contributed by atoms with Crippen LogP contribution >= 0.6 is 0 Å². The molecule has 0 aromatic carbocycles. The van der Waals surface area contributed by atoms with E-state index in [0.29, 0.717) is 25.7 Å². The summed E-state index contributed by atoms with van der Waals surface area (Å²) in [5.74, 6) is -5.62. The second-order valence-electron chi connectivity index (χ2n) is 16.7. The van der Waals surface area contributed by atoms with Crippen LogP contribution in [-0.2, 0) is 53.1 Å². The molecule has 0 heterocycles. The van der Waals surface area contributed by atoms with Gasteiger partial charge in [0.15, 0.2) is 5.25 Å². The van der Waals surface area contributed by atoms with E-state index in [2.05, 4.69) is 25.0 Å². The molecule has 0 saturated heterocycles. The van der Waals surface area contributed by atoms with E-state index < -0.39 is 67.5 Å². The molecule has 13 nitrogen and oxygen atoms in total. The van der Waals surface area contributed by atoms with Gasteiger partial charge < -0.3 is 24.5 Å². The number of unbranched alkanes of at least 4 members (excludes halogenated alkanes) is 27. The maximum absolute atomic E-state index is 12.8. The summed E-state index contributed by atoms with van der Waals surface area (Å²) in [5.41, 5.74) is 0. The smallest absolute Gasteiger partial charge is 1.00 e. The van der Waals surface area contributed by atoms with E-state index in [1.165, 1.54) is 116 Å². The topological polar surface area (TPSA) is 205 Å². The molecule has 0 saturated carbocycles. The average molecular weight is 979 g/mol. The van der Waals surface area contributed by atoms with Crippen molar-refractivity contribution in [1.82, 2.24) is 0 Å². The largest absolute Gasteiger partial charge is 1.00 e. The van der Waals surface area contributed by atoms with E-state index in [9.17, 15) is 45.7 Å². The first-order valence-electron chi connectivity index (χ1n) is 23.1. The Hall–Kier alpha value is 1.74. The van der Waals surface area contributed by atoms with Crippen LogP contribution in [0.3, 0.4) is 0 Å². The zero-order valence-electron chi connectivity index (χ0n) is 45.0. The monoisotopic (exact) mass is 979 g/mol. The first-order valence-corrected chi connectivity index (χ1v) is 26.1. The molecule has 63 heavy (non-hydrogen) atoms. The zero-order chi connectivity index (χ0) is 44.2. The van der Waals surface area contributed by atoms with Crippen molar-refractivity contribution in [3.63, 3.8) is 0 Å². The molecular weight excluding hydrogens is 893 g/mol. The van der Waals surface area contributed by atoms with Crippen LogP contribution in [0.1, 0.15) is 232 Å². The van der Waals surface area contributed by atoms with E-state index >= 15 is 0 Å². The van der Waals surface area contributed by atoms with Crippen molar-refractivity contribution in [3.8, 4) is 0 Å². The second kappa shape index (κ2) is 48.8. The molecule has 0 aromatic rings. The number of hydrogen-bond donors (Lipinski definition) is 2. The van der Waals surface area contributed by atoms with Crippen molar-refractivity contribution in [2.45, 2.75) is 237 Å². The third-order valence-corrected chi connectivity index (χ3v) is 13.1. The van der Waals surface area contributed by atoms with Gasteiger partial charge in [0, 0.05) is 0 Å². The van der Waals surface area contributed by atoms with E-state index in [1.54, 1.807) is 0 Å². The van der Waals surface area contributed by atoms with Crippen LogP contribution in [0.15, 0.2) is 0 Å². The van der Waals surface area contributed by atoms with E-state index in [0.717, 1.165) is 57.3 Å². The van der Waals surface area contributed by atoms with Crippen LogP contribution in [0.5, 0.6) is 0 Å². The molecule has 0 fully saturated rings. The van der Waals surface area contributed by atoms with Gasteiger partial charge in [0.25, 0.3) is 10.1 Å². The molecule has 2 unspecified atom stereocenters. The summed E-state index contributed by atoms with van der Waals surface area (Å²) in [4.78, 5) is 49.0. The predicted octanol–water partition coefficient (Wildman–Crippen LogP) is -0.720. The van der Waals surface area contributed by atoms with Gasteiger partial charge in [0.2, 0.25) is 5.25 Å². The van der Waals surface area contributed by atoms with Crippen LogP contribution < -0.4 is 118 Å². The Kier molecular flexibility index (Phi) is 57.0. The maximum atomic E-state index is 12.8. The zero-order valence-corrected chi connectivity index (χ0v) is 50.6. The number of hydrogen-bond acceptors (Lipinski definition) is 11. The minimum Gasteiger partial charge on any atom is -1.00 e. The predicted molar refractivity (Wildman–Crippen MR) is 236 cm³/mol. The molecule has 0 spiro atoms. The van der Waals surface area contributed by atoms with Gasteiger partial charge in [-0.05, 0) is 18.8 Å². The third-order valence-electron chi connectivity index (χ3n) is 10.6. The second-order valence-corrected chi connectivity index (χ2v) is 20.0. The Morgan fingerprint density at radius 3 is 1.08 bits per heavy atom. The summed E-state index contributed by atoms with van der Waals surface area (Å²) in [5, 5.41) is 4.33. The number of rotatable bonds is 42. The van der Waals surface area contributed by atoms with Gasteiger partial charge >= 0.3 is 152 Å². The van der Waals surface area contributed by atoms with Crippen molar-refractivity contribution >= 4 is 44.1 Å². The number of aliphatic carboxylic acids is 1. The fraction of sp³-hybridized carbons (Fsp3) is 0.909. The minimum absolute atomic E-state index is 0. The number of carbonyl (C=O) groups excluding carboxylic acids is 3. The fourth-order valence-corrected chi connectivity index (χ4v) is 8.68. The first-order chi connectivity index (χ1) is 28.1. The molecule has 0 aliphatic rings. The molecule has 0 rings (SSSR count). The van der Waals surface area contributed by atoms with Crippen molar-refractivity contribution in [3.05, 3.63) is 0 Å². The quantitative estimate of drug-likeness (QED) is 0.0255. The average Bonchev–Trinajstić information content (AvgIpc) is 3.16. The van der Waals surface area contributed by atoms with E-state index in [-0.39, 0.29) is 137 Å². The first kappa shape index (κ1) is 73.7. The third kappa shape index (κ3) is 45.9. The Morgan fingerprint density at radius 2 is 0.778 bits per heavy atom. The van der Waals surface area contributed by atoms with Crippen LogP contribution in [0.2, 0.25) is 0 Å². The summed E-state index contributed by atoms with van der Waals surface area (Å²) in [6.07, 6.45) is 31.0. The van der Waals surface area contributed by atoms with Crippen molar-refractivity contribution in [2.75, 3.05) is 13.2 Å². The molecule has 19 heteroatoms. The van der Waals surface area contributed by atoms with Crippen molar-refractivity contribution in [2.24, 2.45) is 5.92 Å². The standard InChI is InChI=1S/C44H82O13S2.4Na.4H/c1-4-5-6-7-8-9-10-11-12-13-16-19-23-26-29-32-35-56-44(49)40(36-41(45)46)59(53,54)57-42(47)37-39(58(50,51)52)43(48)55-34-31-28-25-22-20-17-14-15-18-21-24-27-30-33-38(2)3;;;;;;;;/h38-40H,4-37H2,1-3H3,(H,45,46)(H,50,51,52);;;;;;;;/q;4*+1;4*-1. The van der Waals surface area contributed by atoms with Gasteiger partial charge in [-0.15, -0.1) is 0 Å². The molecule has 0 aromatic heterocycles. The van der Waals surface area contributed by atoms with Gasteiger partial charge in [-0.2, -0.15) is 16.8 Å². The number of carboxylic acid groups (broad SMARTS) is 1. The van der Waals surface area contributed by atoms with Crippen molar-refractivity contribution in [1.29, 1.82) is 0 Å². The molecule has 0 amide bonds. The molecule has 0 aliphatic carbocycles. The summed E-state index contributed by atoms with van der Waals surface area (Å²) >= 11 is 0. The molecule has 0 aliphatic heterocycles. The molecule has 2 atom stereocenters. The summed E-state index contributed by atoms with van der Waals surface area (Å²) in [7, 11) is -10.5. The summed E-state index contributed by atoms with van der Waals surface area (Å²) in [6, 6.07) is 0.